The van der Waals surface area contributed by atoms with E-state index in [4.69, 9.17) is 0 Å². The lowest BCUT2D eigenvalue weighted by Crippen LogP contribution is -2.24. The second-order valence-corrected chi connectivity index (χ2v) is 7.51. The molecule has 0 radical (unpaired) electrons. The molecule has 2 aromatic rings. The molecule has 1 atom stereocenters. The van der Waals surface area contributed by atoms with Crippen LogP contribution in [0.15, 0.2) is 70.6 Å². The summed E-state index contributed by atoms with van der Waals surface area (Å²) in [6.45, 7) is 2.27. The predicted octanol–water partition coefficient (Wildman–Crippen LogP) is 6.32. The first kappa shape index (κ1) is 19.4. The Labute approximate surface area is 164 Å². The molecule has 2 nitrogen and oxygen atoms in total. The van der Waals surface area contributed by atoms with E-state index in [0.717, 1.165) is 19.0 Å². The molecule has 27 heavy (non-hydrogen) atoms. The lowest BCUT2D eigenvalue weighted by molar-refractivity contribution is 0.307. The predicted molar refractivity (Wildman–Crippen MR) is 116 cm³/mol. The molecule has 1 unspecified atom stereocenters. The third kappa shape index (κ3) is 6.09. The summed E-state index contributed by atoms with van der Waals surface area (Å²) in [5, 5.41) is 0. The van der Waals surface area contributed by atoms with Gasteiger partial charge in [-0.25, -0.2) is 0 Å². The smallest absolute Gasteiger partial charge is 0.0965 e. The topological polar surface area (TPSA) is 24.7 Å². The van der Waals surface area contributed by atoms with E-state index in [0.29, 0.717) is 11.8 Å². The van der Waals surface area contributed by atoms with Crippen molar-refractivity contribution in [3.8, 4) is 0 Å². The molecule has 140 valence electrons. The SMILES string of the molecule is CCCCCCC([C+]1N=CC=N1)C(Cc1ccccc1)Cc1ccccc1. The van der Waals surface area contributed by atoms with Crippen LogP contribution >= 0.6 is 0 Å². The van der Waals surface area contributed by atoms with Gasteiger partial charge in [-0.05, 0) is 36.3 Å². The van der Waals surface area contributed by atoms with Gasteiger partial charge in [0.05, 0.1) is 5.92 Å². The maximum Gasteiger partial charge on any atom is 0.244 e. The van der Waals surface area contributed by atoms with Gasteiger partial charge < -0.3 is 0 Å². The standard InChI is InChI=1S/C25H31N2/c1-2-3-4-11-16-24(25-26-17-18-27-25)23(19-21-12-7-5-8-13-21)20-22-14-9-6-10-15-22/h5-10,12-15,17-18,23-24H,2-4,11,16,19-20H2,1H3/q+1. The minimum Gasteiger partial charge on any atom is -0.0965 e. The molecule has 0 aliphatic carbocycles. The molecule has 0 spiro atoms. The van der Waals surface area contributed by atoms with Gasteiger partial charge in [-0.15, -0.1) is 0 Å². The summed E-state index contributed by atoms with van der Waals surface area (Å²) >= 11 is 0. The lowest BCUT2D eigenvalue weighted by Gasteiger charge is -2.26. The molecular formula is C25H31N2+. The summed E-state index contributed by atoms with van der Waals surface area (Å²) in [6, 6.07) is 21.8. The highest BCUT2D eigenvalue weighted by atomic mass is 15.0. The fourth-order valence-electron chi connectivity index (χ4n) is 4.00. The van der Waals surface area contributed by atoms with E-state index in [1.165, 1.54) is 43.2 Å². The van der Waals surface area contributed by atoms with Crippen LogP contribution in [0.1, 0.15) is 50.2 Å². The molecule has 2 aromatic carbocycles. The monoisotopic (exact) mass is 359 g/mol. The molecule has 0 aromatic heterocycles. The van der Waals surface area contributed by atoms with Crippen molar-refractivity contribution in [2.24, 2.45) is 21.8 Å². The molecule has 0 saturated carbocycles. The van der Waals surface area contributed by atoms with Gasteiger partial charge in [0.1, 0.15) is 0 Å². The van der Waals surface area contributed by atoms with Crippen LogP contribution in [-0.2, 0) is 12.8 Å². The maximum absolute atomic E-state index is 4.61. The Morgan fingerprint density at radius 1 is 0.741 bits per heavy atom. The van der Waals surface area contributed by atoms with Gasteiger partial charge in [0.2, 0.25) is 6.17 Å². The van der Waals surface area contributed by atoms with Crippen molar-refractivity contribution in [1.29, 1.82) is 0 Å². The first-order valence-electron chi connectivity index (χ1n) is 10.4. The van der Waals surface area contributed by atoms with Gasteiger partial charge in [-0.1, -0.05) is 103 Å². The second kappa shape index (κ2) is 10.7. The van der Waals surface area contributed by atoms with Crippen LogP contribution in [0.25, 0.3) is 0 Å². The maximum atomic E-state index is 4.61. The van der Waals surface area contributed by atoms with Crippen molar-refractivity contribution in [3.05, 3.63) is 78.0 Å². The van der Waals surface area contributed by atoms with Gasteiger partial charge in [0.15, 0.2) is 12.4 Å². The molecule has 1 heterocycles. The lowest BCUT2D eigenvalue weighted by atomic mass is 9.78. The van der Waals surface area contributed by atoms with Gasteiger partial charge in [0.25, 0.3) is 0 Å². The molecule has 3 rings (SSSR count). The number of hydrogen-bond donors (Lipinski definition) is 0. The van der Waals surface area contributed by atoms with Crippen LogP contribution in [0.3, 0.4) is 0 Å². The number of aliphatic imine (C=N–C) groups is 2. The third-order valence-corrected chi connectivity index (χ3v) is 5.43. The number of nitrogens with zero attached hydrogens (tertiary/aromatic N) is 2. The Hall–Kier alpha value is -2.35. The van der Waals surface area contributed by atoms with Gasteiger partial charge in [0, 0.05) is 0 Å². The Morgan fingerprint density at radius 2 is 1.30 bits per heavy atom. The molecule has 2 heteroatoms. The van der Waals surface area contributed by atoms with Crippen LogP contribution < -0.4 is 0 Å². The van der Waals surface area contributed by atoms with E-state index in [-0.39, 0.29) is 0 Å². The van der Waals surface area contributed by atoms with E-state index in [2.05, 4.69) is 77.6 Å². The highest BCUT2D eigenvalue weighted by Crippen LogP contribution is 2.36. The molecule has 0 fully saturated rings. The largest absolute Gasteiger partial charge is 0.244 e. The Balaban J connectivity index is 1.79. The van der Waals surface area contributed by atoms with Crippen LogP contribution in [0.4, 0.5) is 0 Å². The molecule has 0 saturated heterocycles. The quantitative estimate of drug-likeness (QED) is 0.331. The third-order valence-electron chi connectivity index (χ3n) is 5.43. The van der Waals surface area contributed by atoms with E-state index < -0.39 is 0 Å². The number of benzene rings is 2. The van der Waals surface area contributed by atoms with E-state index in [1.807, 2.05) is 12.4 Å². The van der Waals surface area contributed by atoms with Gasteiger partial charge in [-0.3, -0.25) is 0 Å². The summed E-state index contributed by atoms with van der Waals surface area (Å²) < 4.78 is 0. The zero-order valence-electron chi connectivity index (χ0n) is 16.4. The van der Waals surface area contributed by atoms with Crippen LogP contribution in [-0.4, -0.2) is 12.4 Å². The zero-order chi connectivity index (χ0) is 18.7. The minimum absolute atomic E-state index is 0.414. The van der Waals surface area contributed by atoms with E-state index >= 15 is 0 Å². The van der Waals surface area contributed by atoms with Crippen molar-refractivity contribution in [2.45, 2.75) is 51.9 Å². The van der Waals surface area contributed by atoms with Gasteiger partial charge in [-0.2, -0.15) is 0 Å². The van der Waals surface area contributed by atoms with Crippen LogP contribution in [0, 0.1) is 18.0 Å². The first-order chi connectivity index (χ1) is 13.4. The van der Waals surface area contributed by atoms with E-state index in [9.17, 15) is 0 Å². The highest BCUT2D eigenvalue weighted by Gasteiger charge is 2.35. The zero-order valence-corrected chi connectivity index (χ0v) is 16.4. The van der Waals surface area contributed by atoms with Crippen molar-refractivity contribution < 1.29 is 0 Å². The molecule has 0 bridgehead atoms. The number of rotatable bonds is 11. The van der Waals surface area contributed by atoms with Crippen molar-refractivity contribution >= 4 is 12.4 Å². The second-order valence-electron chi connectivity index (χ2n) is 7.51. The Bertz CT molecular complexity index is 652. The molecular weight excluding hydrogens is 328 g/mol. The Kier molecular flexibility index (Phi) is 7.70. The Morgan fingerprint density at radius 3 is 1.81 bits per heavy atom. The van der Waals surface area contributed by atoms with E-state index in [1.54, 1.807) is 0 Å². The van der Waals surface area contributed by atoms with Gasteiger partial charge >= 0.3 is 0 Å². The summed E-state index contributed by atoms with van der Waals surface area (Å²) in [7, 11) is 0. The summed E-state index contributed by atoms with van der Waals surface area (Å²) in [6.07, 6.45) is 13.2. The summed E-state index contributed by atoms with van der Waals surface area (Å²) in [5.41, 5.74) is 2.81. The summed E-state index contributed by atoms with van der Waals surface area (Å²) in [4.78, 5) is 9.22. The molecule has 1 aliphatic rings. The summed E-state index contributed by atoms with van der Waals surface area (Å²) in [5.74, 6) is 0.927. The molecule has 0 N–H and O–H groups in total. The highest BCUT2D eigenvalue weighted by molar-refractivity contribution is 6.18. The average molecular weight is 360 g/mol. The van der Waals surface area contributed by atoms with Crippen LogP contribution in [0.5, 0.6) is 0 Å². The fourth-order valence-corrected chi connectivity index (χ4v) is 4.00. The minimum atomic E-state index is 0.414. The number of hydrogen-bond acceptors (Lipinski definition) is 2. The fraction of sp³-hybridized carbons (Fsp3) is 0.400. The van der Waals surface area contributed by atoms with Crippen molar-refractivity contribution in [1.82, 2.24) is 0 Å². The van der Waals surface area contributed by atoms with Crippen molar-refractivity contribution in [2.75, 3.05) is 0 Å². The first-order valence-corrected chi connectivity index (χ1v) is 10.4. The molecule has 1 aliphatic heterocycles. The molecule has 0 amide bonds. The van der Waals surface area contributed by atoms with Crippen molar-refractivity contribution in [3.63, 3.8) is 0 Å². The normalized spacial score (nSPS) is 14.2. The van der Waals surface area contributed by atoms with Crippen LogP contribution in [0.2, 0.25) is 0 Å². The average Bonchev–Trinajstić information content (AvgIpc) is 3.24. The number of unbranched alkanes of at least 4 members (excludes halogenated alkanes) is 3.